The molecule has 28 heavy (non-hydrogen) atoms. The largest absolute Gasteiger partial charge is 0.479 e. The van der Waals surface area contributed by atoms with Gasteiger partial charge in [0.1, 0.15) is 5.54 Å². The third-order valence-corrected chi connectivity index (χ3v) is 6.82. The van der Waals surface area contributed by atoms with E-state index in [1.165, 1.54) is 19.3 Å². The van der Waals surface area contributed by atoms with E-state index in [0.29, 0.717) is 45.1 Å². The maximum Gasteiger partial charge on any atom is 0.329 e. The summed E-state index contributed by atoms with van der Waals surface area (Å²) in [5, 5.41) is 12.5. The SMILES string of the molecule is CCC1C[C@@]1(NC(=O)[C@@H](CC(=O)N1CCOCC1)CC1CCCCC1)C(=O)O. The zero-order valence-corrected chi connectivity index (χ0v) is 17.0. The molecule has 1 heterocycles. The molecule has 3 atom stereocenters. The van der Waals surface area contributed by atoms with Crippen LogP contribution in [0.25, 0.3) is 0 Å². The van der Waals surface area contributed by atoms with Gasteiger partial charge < -0.3 is 20.1 Å². The van der Waals surface area contributed by atoms with Crippen LogP contribution in [0, 0.1) is 17.8 Å². The predicted octanol–water partition coefficient (Wildman–Crippen LogP) is 2.19. The first-order valence-electron chi connectivity index (χ1n) is 10.9. The van der Waals surface area contributed by atoms with Gasteiger partial charge in [0.2, 0.25) is 11.8 Å². The molecule has 7 nitrogen and oxygen atoms in total. The van der Waals surface area contributed by atoms with Gasteiger partial charge in [-0.1, -0.05) is 45.4 Å². The van der Waals surface area contributed by atoms with Gasteiger partial charge in [-0.3, -0.25) is 9.59 Å². The number of carboxylic acids is 1. The number of hydrogen-bond acceptors (Lipinski definition) is 4. The van der Waals surface area contributed by atoms with Gasteiger partial charge in [0.05, 0.1) is 13.2 Å². The maximum atomic E-state index is 13.1. The van der Waals surface area contributed by atoms with Gasteiger partial charge in [-0.15, -0.1) is 0 Å². The second kappa shape index (κ2) is 9.25. The summed E-state index contributed by atoms with van der Waals surface area (Å²) in [7, 11) is 0. The summed E-state index contributed by atoms with van der Waals surface area (Å²) >= 11 is 0. The van der Waals surface area contributed by atoms with E-state index in [0.717, 1.165) is 19.3 Å². The number of nitrogens with one attached hydrogen (secondary N) is 1. The van der Waals surface area contributed by atoms with Crippen molar-refractivity contribution in [1.82, 2.24) is 10.2 Å². The van der Waals surface area contributed by atoms with Gasteiger partial charge in [-0.2, -0.15) is 0 Å². The van der Waals surface area contributed by atoms with E-state index < -0.39 is 17.4 Å². The molecular weight excluding hydrogens is 360 g/mol. The van der Waals surface area contributed by atoms with Crippen molar-refractivity contribution >= 4 is 17.8 Å². The van der Waals surface area contributed by atoms with Gasteiger partial charge in [-0.05, 0) is 24.7 Å². The van der Waals surface area contributed by atoms with Crippen LogP contribution in [0.5, 0.6) is 0 Å². The standard InChI is InChI=1S/C21H34N2O5/c1-2-17-14-21(17,20(26)27)22-19(25)16(12-15-6-4-3-5-7-15)13-18(24)23-8-10-28-11-9-23/h15-17H,2-14H2,1H3,(H,22,25)(H,26,27)/t16-,17?,21+/m1/s1. The fraction of sp³-hybridized carbons (Fsp3) is 0.857. The lowest BCUT2D eigenvalue weighted by Crippen LogP contribution is -2.49. The number of ether oxygens (including phenoxy) is 1. The van der Waals surface area contributed by atoms with Crippen molar-refractivity contribution in [2.45, 2.75) is 70.3 Å². The molecule has 2 N–H and O–H groups in total. The van der Waals surface area contributed by atoms with Crippen molar-refractivity contribution in [2.75, 3.05) is 26.3 Å². The lowest BCUT2D eigenvalue weighted by molar-refractivity contribution is -0.145. The highest BCUT2D eigenvalue weighted by atomic mass is 16.5. The van der Waals surface area contributed by atoms with E-state index in [2.05, 4.69) is 5.32 Å². The first-order chi connectivity index (χ1) is 13.5. The number of nitrogens with zero attached hydrogens (tertiary/aromatic N) is 1. The van der Waals surface area contributed by atoms with Gasteiger partial charge in [0.15, 0.2) is 0 Å². The van der Waals surface area contributed by atoms with E-state index in [4.69, 9.17) is 4.74 Å². The Hall–Kier alpha value is -1.63. The van der Waals surface area contributed by atoms with Crippen molar-refractivity contribution in [3.05, 3.63) is 0 Å². The fourth-order valence-electron chi connectivity index (χ4n) is 4.87. The van der Waals surface area contributed by atoms with Gasteiger partial charge in [0, 0.05) is 25.4 Å². The molecule has 3 rings (SSSR count). The summed E-state index contributed by atoms with van der Waals surface area (Å²) < 4.78 is 5.31. The Balaban J connectivity index is 1.66. The Morgan fingerprint density at radius 1 is 1.18 bits per heavy atom. The minimum Gasteiger partial charge on any atom is -0.479 e. The number of amides is 2. The Kier molecular flexibility index (Phi) is 6.96. The summed E-state index contributed by atoms with van der Waals surface area (Å²) in [5.74, 6) is -1.25. The number of carboxylic acid groups (broad SMARTS) is 1. The second-order valence-electron chi connectivity index (χ2n) is 8.71. The van der Waals surface area contributed by atoms with Crippen LogP contribution in [0.15, 0.2) is 0 Å². The second-order valence-corrected chi connectivity index (χ2v) is 8.71. The number of carbonyl (C=O) groups excluding carboxylic acids is 2. The quantitative estimate of drug-likeness (QED) is 0.658. The molecule has 2 aliphatic carbocycles. The zero-order valence-electron chi connectivity index (χ0n) is 17.0. The first-order valence-corrected chi connectivity index (χ1v) is 10.9. The van der Waals surface area contributed by atoms with Crippen LogP contribution in [0.3, 0.4) is 0 Å². The predicted molar refractivity (Wildman–Crippen MR) is 104 cm³/mol. The molecule has 1 unspecified atom stereocenters. The van der Waals surface area contributed by atoms with Crippen LogP contribution in [-0.4, -0.2) is 59.6 Å². The highest BCUT2D eigenvalue weighted by molar-refractivity contribution is 5.92. The molecule has 0 radical (unpaired) electrons. The van der Waals surface area contributed by atoms with Crippen LogP contribution in [0.4, 0.5) is 0 Å². The highest BCUT2D eigenvalue weighted by Crippen LogP contribution is 2.46. The molecule has 1 aliphatic heterocycles. The molecule has 0 bridgehead atoms. The van der Waals surface area contributed by atoms with E-state index >= 15 is 0 Å². The molecule has 3 aliphatic rings. The van der Waals surface area contributed by atoms with Crippen molar-refractivity contribution in [2.24, 2.45) is 17.8 Å². The Labute approximate surface area is 167 Å². The Bertz CT molecular complexity index is 583. The van der Waals surface area contributed by atoms with E-state index in [9.17, 15) is 19.5 Å². The molecule has 0 aromatic carbocycles. The van der Waals surface area contributed by atoms with Crippen LogP contribution in [0.2, 0.25) is 0 Å². The summed E-state index contributed by atoms with van der Waals surface area (Å²) in [5.41, 5.74) is -1.13. The monoisotopic (exact) mass is 394 g/mol. The van der Waals surface area contributed by atoms with Crippen LogP contribution < -0.4 is 5.32 Å². The Morgan fingerprint density at radius 3 is 2.43 bits per heavy atom. The normalized spacial score (nSPS) is 29.2. The Morgan fingerprint density at radius 2 is 1.86 bits per heavy atom. The molecule has 0 aromatic heterocycles. The summed E-state index contributed by atoms with van der Waals surface area (Å²) in [6.45, 7) is 4.14. The number of morpholine rings is 1. The molecule has 2 saturated carbocycles. The number of carbonyl (C=O) groups is 3. The van der Waals surface area contributed by atoms with Crippen molar-refractivity contribution in [3.63, 3.8) is 0 Å². The third-order valence-electron chi connectivity index (χ3n) is 6.82. The summed E-state index contributed by atoms with van der Waals surface area (Å²) in [6, 6.07) is 0. The lowest BCUT2D eigenvalue weighted by atomic mass is 9.81. The van der Waals surface area contributed by atoms with Gasteiger partial charge in [-0.25, -0.2) is 4.79 Å². The maximum absolute atomic E-state index is 13.1. The molecule has 1 saturated heterocycles. The van der Waals surface area contributed by atoms with E-state index in [1.54, 1.807) is 4.90 Å². The average molecular weight is 395 g/mol. The zero-order chi connectivity index (χ0) is 20.1. The molecule has 3 fully saturated rings. The molecule has 158 valence electrons. The molecular formula is C21H34N2O5. The summed E-state index contributed by atoms with van der Waals surface area (Å²) in [6.07, 6.45) is 7.82. The summed E-state index contributed by atoms with van der Waals surface area (Å²) in [4.78, 5) is 39.4. The minimum absolute atomic E-state index is 0.0146. The van der Waals surface area contributed by atoms with Crippen LogP contribution in [-0.2, 0) is 19.1 Å². The average Bonchev–Trinajstić information content (AvgIpc) is 3.43. The highest BCUT2D eigenvalue weighted by Gasteiger charge is 2.60. The molecule has 0 spiro atoms. The number of rotatable bonds is 8. The van der Waals surface area contributed by atoms with Crippen LogP contribution >= 0.6 is 0 Å². The first kappa shape index (κ1) is 21.1. The van der Waals surface area contributed by atoms with Crippen molar-refractivity contribution < 1.29 is 24.2 Å². The lowest BCUT2D eigenvalue weighted by Gasteiger charge is -2.30. The molecule has 2 amide bonds. The van der Waals surface area contributed by atoms with Gasteiger partial charge in [0.25, 0.3) is 0 Å². The molecule has 7 heteroatoms. The van der Waals surface area contributed by atoms with Crippen molar-refractivity contribution in [3.8, 4) is 0 Å². The van der Waals surface area contributed by atoms with E-state index in [1.807, 2.05) is 6.92 Å². The van der Waals surface area contributed by atoms with Crippen LogP contribution in [0.1, 0.15) is 64.7 Å². The van der Waals surface area contributed by atoms with Crippen molar-refractivity contribution in [1.29, 1.82) is 0 Å². The van der Waals surface area contributed by atoms with E-state index in [-0.39, 0.29) is 24.2 Å². The third kappa shape index (κ3) is 4.85. The smallest absolute Gasteiger partial charge is 0.329 e. The van der Waals surface area contributed by atoms with Gasteiger partial charge >= 0.3 is 5.97 Å². The number of aliphatic carboxylic acids is 1. The minimum atomic E-state index is -1.13. The topological polar surface area (TPSA) is 95.9 Å². The fourth-order valence-corrected chi connectivity index (χ4v) is 4.87. The number of hydrogen-bond donors (Lipinski definition) is 2. The molecule has 0 aromatic rings.